The molecular formula is C33H41N5O5S. The lowest BCUT2D eigenvalue weighted by atomic mass is 9.81. The molecule has 6 rings (SSSR count). The first-order chi connectivity index (χ1) is 21.0. The first-order valence-corrected chi connectivity index (χ1v) is 16.9. The molecule has 0 radical (unpaired) electrons. The Kier molecular flexibility index (Phi) is 8.40. The highest BCUT2D eigenvalue weighted by Gasteiger charge is 2.32. The van der Waals surface area contributed by atoms with Gasteiger partial charge in [0.05, 0.1) is 12.2 Å². The quantitative estimate of drug-likeness (QED) is 0.434. The van der Waals surface area contributed by atoms with E-state index < -0.39 is 22.3 Å². The van der Waals surface area contributed by atoms with Gasteiger partial charge in [0.1, 0.15) is 6.23 Å². The van der Waals surface area contributed by atoms with Gasteiger partial charge >= 0.3 is 10.2 Å². The summed E-state index contributed by atoms with van der Waals surface area (Å²) in [6.45, 7) is 4.33. The molecule has 2 aliphatic heterocycles. The monoisotopic (exact) mass is 619 g/mol. The van der Waals surface area contributed by atoms with E-state index in [9.17, 15) is 23.1 Å². The van der Waals surface area contributed by atoms with Crippen LogP contribution >= 0.6 is 0 Å². The molecule has 1 unspecified atom stereocenters. The zero-order valence-corrected chi connectivity index (χ0v) is 26.4. The van der Waals surface area contributed by atoms with Crippen molar-refractivity contribution in [1.82, 2.24) is 23.4 Å². The molecular weight excluding hydrogens is 578 g/mol. The zero-order chi connectivity index (χ0) is 31.2. The van der Waals surface area contributed by atoms with Gasteiger partial charge in [0.2, 0.25) is 0 Å². The number of rotatable bonds is 6. The van der Waals surface area contributed by atoms with Crippen molar-refractivity contribution in [1.29, 1.82) is 0 Å². The number of carbonyl (C=O) groups excluding carboxylic acids is 2. The van der Waals surface area contributed by atoms with Gasteiger partial charge in [0.25, 0.3) is 11.8 Å². The fourth-order valence-electron chi connectivity index (χ4n) is 6.92. The van der Waals surface area contributed by atoms with Crippen molar-refractivity contribution >= 4 is 39.0 Å². The molecule has 0 bridgehead atoms. The molecule has 2 amide bonds. The molecule has 0 spiro atoms. The van der Waals surface area contributed by atoms with E-state index in [1.54, 1.807) is 19.1 Å². The van der Waals surface area contributed by atoms with E-state index in [0.29, 0.717) is 44.2 Å². The minimum absolute atomic E-state index is 0.0371. The van der Waals surface area contributed by atoms with Crippen LogP contribution in [0.25, 0.3) is 28.2 Å². The second-order valence-corrected chi connectivity index (χ2v) is 14.2. The van der Waals surface area contributed by atoms with Crippen LogP contribution < -0.4 is 4.72 Å². The van der Waals surface area contributed by atoms with Crippen molar-refractivity contribution in [2.24, 2.45) is 0 Å². The van der Waals surface area contributed by atoms with Gasteiger partial charge in [-0.05, 0) is 55.0 Å². The molecule has 1 saturated carbocycles. The summed E-state index contributed by atoms with van der Waals surface area (Å²) < 4.78 is 30.2. The number of aromatic nitrogens is 1. The molecule has 1 saturated heterocycles. The molecule has 11 heteroatoms. The van der Waals surface area contributed by atoms with Crippen LogP contribution in [-0.4, -0.2) is 90.5 Å². The number of carbonyl (C=O) groups is 2. The fraction of sp³-hybridized carbons (Fsp3) is 0.455. The first-order valence-electron chi connectivity index (χ1n) is 15.5. The van der Waals surface area contributed by atoms with Crippen LogP contribution in [0.2, 0.25) is 0 Å². The van der Waals surface area contributed by atoms with E-state index in [1.807, 2.05) is 34.1 Å². The SMILES string of the molecule is CC(O)N1CCN(C(=O)C2=Cc3ccccc3-c3c(C4CCCCC4)c4ccc(C(=O)NS(=O)(=O)N(C)C)cc4n3C2)CC1. The number of aliphatic hydroxyl groups is 1. The van der Waals surface area contributed by atoms with Crippen LogP contribution in [0.15, 0.2) is 48.0 Å². The van der Waals surface area contributed by atoms with E-state index in [1.165, 1.54) is 26.1 Å². The number of aliphatic hydroxyl groups excluding tert-OH is 1. The average Bonchev–Trinajstić information content (AvgIpc) is 3.23. The number of fused-ring (bicyclic) bond motifs is 5. The summed E-state index contributed by atoms with van der Waals surface area (Å²) in [6.07, 6.45) is 7.12. The normalized spacial score (nSPS) is 18.8. The highest BCUT2D eigenvalue weighted by Crippen LogP contribution is 2.46. The summed E-state index contributed by atoms with van der Waals surface area (Å²) in [5.74, 6) is -0.396. The molecule has 1 atom stereocenters. The average molecular weight is 620 g/mol. The van der Waals surface area contributed by atoms with Gasteiger partial charge in [-0.15, -0.1) is 0 Å². The molecule has 3 aromatic rings. The lowest BCUT2D eigenvalue weighted by Gasteiger charge is -2.36. The molecule has 2 N–H and O–H groups in total. The van der Waals surface area contributed by atoms with Crippen LogP contribution in [0, 0.1) is 0 Å². The van der Waals surface area contributed by atoms with E-state index >= 15 is 0 Å². The third-order valence-electron chi connectivity index (χ3n) is 9.36. The van der Waals surface area contributed by atoms with E-state index in [-0.39, 0.29) is 11.5 Å². The Morgan fingerprint density at radius 2 is 1.70 bits per heavy atom. The molecule has 234 valence electrons. The van der Waals surface area contributed by atoms with Crippen LogP contribution in [0.5, 0.6) is 0 Å². The lowest BCUT2D eigenvalue weighted by molar-refractivity contribution is -0.130. The minimum atomic E-state index is -3.97. The summed E-state index contributed by atoms with van der Waals surface area (Å²) in [6, 6.07) is 13.6. The minimum Gasteiger partial charge on any atom is -0.379 e. The molecule has 2 fully saturated rings. The van der Waals surface area contributed by atoms with Gasteiger partial charge in [0, 0.05) is 67.9 Å². The summed E-state index contributed by atoms with van der Waals surface area (Å²) in [4.78, 5) is 31.1. The number of hydrogen-bond donors (Lipinski definition) is 2. The smallest absolute Gasteiger partial charge is 0.303 e. The van der Waals surface area contributed by atoms with Crippen molar-refractivity contribution < 1.29 is 23.1 Å². The number of piperazine rings is 1. The molecule has 3 heterocycles. The Morgan fingerprint density at radius 3 is 2.39 bits per heavy atom. The maximum Gasteiger partial charge on any atom is 0.303 e. The number of nitrogens with one attached hydrogen (secondary N) is 1. The summed E-state index contributed by atoms with van der Waals surface area (Å²) in [5, 5.41) is 11.0. The highest BCUT2D eigenvalue weighted by atomic mass is 32.2. The van der Waals surface area contributed by atoms with E-state index in [4.69, 9.17) is 0 Å². The van der Waals surface area contributed by atoms with Crippen LogP contribution in [0.3, 0.4) is 0 Å². The Balaban J connectivity index is 1.48. The number of hydrogen-bond acceptors (Lipinski definition) is 6. The standard InChI is InChI=1S/C33H41N5O5S/c1-22(39)36-15-17-37(18-16-36)33(41)26-19-24-11-7-8-12-27(24)31-30(23-9-5-4-6-10-23)28-14-13-25(20-29(28)38(31)21-26)32(40)34-44(42,43)35(2)3/h7-8,11-14,19-20,22-23,39H,4-6,9-10,15-18,21H2,1-3H3,(H,34,40). The Bertz CT molecular complexity index is 1730. The van der Waals surface area contributed by atoms with Crippen molar-refractivity contribution in [3.8, 4) is 11.3 Å². The molecule has 10 nitrogen and oxygen atoms in total. The Morgan fingerprint density at radius 1 is 1.00 bits per heavy atom. The van der Waals surface area contributed by atoms with Crippen molar-refractivity contribution in [2.45, 2.75) is 57.7 Å². The largest absolute Gasteiger partial charge is 0.379 e. The molecule has 1 aliphatic carbocycles. The summed E-state index contributed by atoms with van der Waals surface area (Å²) >= 11 is 0. The van der Waals surface area contributed by atoms with E-state index in [2.05, 4.69) is 21.4 Å². The summed E-state index contributed by atoms with van der Waals surface area (Å²) in [5.41, 5.74) is 6.04. The highest BCUT2D eigenvalue weighted by molar-refractivity contribution is 7.87. The Hall–Kier alpha value is -3.51. The predicted octanol–water partition coefficient (Wildman–Crippen LogP) is 3.77. The van der Waals surface area contributed by atoms with Crippen molar-refractivity contribution in [3.05, 3.63) is 64.7 Å². The van der Waals surface area contributed by atoms with Gasteiger partial charge < -0.3 is 14.6 Å². The van der Waals surface area contributed by atoms with Gasteiger partial charge in [-0.25, -0.2) is 4.72 Å². The molecule has 1 aromatic heterocycles. The second kappa shape index (κ2) is 12.1. The van der Waals surface area contributed by atoms with E-state index in [0.717, 1.165) is 57.7 Å². The van der Waals surface area contributed by atoms with Crippen LogP contribution in [0.1, 0.15) is 66.4 Å². The van der Waals surface area contributed by atoms with Crippen molar-refractivity contribution in [2.75, 3.05) is 40.3 Å². The predicted molar refractivity (Wildman–Crippen MR) is 171 cm³/mol. The van der Waals surface area contributed by atoms with Gasteiger partial charge in [0.15, 0.2) is 0 Å². The van der Waals surface area contributed by atoms with Gasteiger partial charge in [-0.1, -0.05) is 49.6 Å². The zero-order valence-electron chi connectivity index (χ0n) is 25.6. The van der Waals surface area contributed by atoms with Gasteiger partial charge in [-0.3, -0.25) is 14.5 Å². The third kappa shape index (κ3) is 5.69. The van der Waals surface area contributed by atoms with Crippen molar-refractivity contribution in [3.63, 3.8) is 0 Å². The lowest BCUT2D eigenvalue weighted by Crippen LogP contribution is -2.51. The molecule has 3 aliphatic rings. The maximum absolute atomic E-state index is 14.1. The Labute approximate surface area is 259 Å². The first kappa shape index (κ1) is 30.5. The third-order valence-corrected chi connectivity index (χ3v) is 10.8. The summed E-state index contributed by atoms with van der Waals surface area (Å²) in [7, 11) is -1.23. The fourth-order valence-corrected chi connectivity index (χ4v) is 7.45. The maximum atomic E-state index is 14.1. The topological polar surface area (TPSA) is 115 Å². The molecule has 44 heavy (non-hydrogen) atoms. The van der Waals surface area contributed by atoms with Gasteiger partial charge in [-0.2, -0.15) is 12.7 Å². The second-order valence-electron chi connectivity index (χ2n) is 12.4. The number of benzene rings is 2. The molecule has 2 aromatic carbocycles. The number of amides is 2. The number of nitrogens with zero attached hydrogens (tertiary/aromatic N) is 4. The van der Waals surface area contributed by atoms with Crippen LogP contribution in [0.4, 0.5) is 0 Å². The van der Waals surface area contributed by atoms with Crippen LogP contribution in [-0.2, 0) is 21.5 Å².